The average Bonchev–Trinajstić information content (AvgIpc) is 3.96. The van der Waals surface area contributed by atoms with Gasteiger partial charge in [-0.1, -0.05) is 144 Å². The summed E-state index contributed by atoms with van der Waals surface area (Å²) in [6, 6.07) is 50.3. The van der Waals surface area contributed by atoms with Crippen LogP contribution in [0.3, 0.4) is 0 Å². The Labute approximate surface area is 354 Å². The van der Waals surface area contributed by atoms with Crippen molar-refractivity contribution in [3.63, 3.8) is 0 Å². The molecule has 6 aromatic carbocycles. The zero-order valence-corrected chi connectivity index (χ0v) is 33.3. The molecule has 0 unspecified atom stereocenters. The summed E-state index contributed by atoms with van der Waals surface area (Å²) in [4.78, 5) is 26.3. The van der Waals surface area contributed by atoms with Crippen LogP contribution in [0.1, 0.15) is 65.5 Å². The molecule has 0 saturated heterocycles. The van der Waals surface area contributed by atoms with E-state index in [4.69, 9.17) is 9.47 Å². The van der Waals surface area contributed by atoms with Crippen LogP contribution in [0.5, 0.6) is 11.5 Å². The predicted molar refractivity (Wildman–Crippen MR) is 235 cm³/mol. The molecule has 0 bridgehead atoms. The lowest BCUT2D eigenvalue weighted by atomic mass is 9.99. The van der Waals surface area contributed by atoms with Gasteiger partial charge >= 0.3 is 0 Å². The average molecular weight is 803 g/mol. The molecule has 10 heteroatoms. The van der Waals surface area contributed by atoms with E-state index in [-0.39, 0.29) is 24.8 Å². The van der Waals surface area contributed by atoms with E-state index in [9.17, 15) is 9.59 Å². The Morgan fingerprint density at radius 3 is 1.28 bits per heavy atom. The second kappa shape index (κ2) is 19.6. The van der Waals surface area contributed by atoms with E-state index < -0.39 is 0 Å². The highest BCUT2D eigenvalue weighted by Gasteiger charge is 2.12. The number of nitrogens with zero attached hydrogens (tertiary/aromatic N) is 6. The highest BCUT2D eigenvalue weighted by atomic mass is 16.5. The Hall–Kier alpha value is -7.98. The van der Waals surface area contributed by atoms with Crippen molar-refractivity contribution in [2.75, 3.05) is 0 Å². The second-order valence-electron chi connectivity index (χ2n) is 14.4. The minimum atomic E-state index is -0.114. The molecular formula is C51H42N6O4. The highest BCUT2D eigenvalue weighted by molar-refractivity contribution is 6.07. The van der Waals surface area contributed by atoms with Crippen molar-refractivity contribution in [1.29, 1.82) is 0 Å². The Morgan fingerprint density at radius 2 is 0.869 bits per heavy atom. The van der Waals surface area contributed by atoms with Gasteiger partial charge in [0.05, 0.1) is 25.5 Å². The fourth-order valence-corrected chi connectivity index (χ4v) is 6.71. The van der Waals surface area contributed by atoms with Crippen LogP contribution in [0.4, 0.5) is 0 Å². The largest absolute Gasteiger partial charge is 0.487 e. The zero-order valence-electron chi connectivity index (χ0n) is 33.3. The highest BCUT2D eigenvalue weighted by Crippen LogP contribution is 2.28. The maximum Gasteiger partial charge on any atom is 0.185 e. The normalized spacial score (nSPS) is 11.3. The van der Waals surface area contributed by atoms with Gasteiger partial charge in [-0.2, -0.15) is 0 Å². The molecule has 0 saturated carbocycles. The number of rotatable bonds is 18. The first-order chi connectivity index (χ1) is 30.0. The predicted octanol–water partition coefficient (Wildman–Crippen LogP) is 9.51. The van der Waals surface area contributed by atoms with Crippen LogP contribution < -0.4 is 9.47 Å². The third kappa shape index (κ3) is 11.2. The summed E-state index contributed by atoms with van der Waals surface area (Å²) < 4.78 is 16.2. The number of benzene rings is 6. The van der Waals surface area contributed by atoms with Crippen molar-refractivity contribution in [2.24, 2.45) is 0 Å². The number of hydrogen-bond acceptors (Lipinski definition) is 8. The number of carbonyl (C=O) groups is 2. The third-order valence-corrected chi connectivity index (χ3v) is 9.80. The Kier molecular flexibility index (Phi) is 12.8. The van der Waals surface area contributed by atoms with Crippen LogP contribution >= 0.6 is 0 Å². The molecule has 61 heavy (non-hydrogen) atoms. The van der Waals surface area contributed by atoms with E-state index in [0.717, 1.165) is 33.4 Å². The molecule has 0 spiro atoms. The van der Waals surface area contributed by atoms with Gasteiger partial charge in [0.15, 0.2) is 11.6 Å². The SMILES string of the molecule is O=C(/C=C/c1cc(Cc2ccc(OCc3cn(Cc4ccccc4)nn3)c(/C=C/C(=O)c3ccccc3)c2)ccc1OCc1cn(Cc2ccccc2)nn1)c1ccccc1. The summed E-state index contributed by atoms with van der Waals surface area (Å²) in [5, 5.41) is 17.2. The lowest BCUT2D eigenvalue weighted by Crippen LogP contribution is -2.01. The van der Waals surface area contributed by atoms with Crippen LogP contribution in [-0.4, -0.2) is 41.6 Å². The molecule has 2 heterocycles. The van der Waals surface area contributed by atoms with Crippen LogP contribution in [0, 0.1) is 0 Å². The fraction of sp³-hybridized carbons (Fsp3) is 0.0980. The summed E-state index contributed by atoms with van der Waals surface area (Å²) >= 11 is 0. The van der Waals surface area contributed by atoms with Crippen molar-refractivity contribution in [3.8, 4) is 11.5 Å². The molecule has 8 aromatic rings. The molecular weight excluding hydrogens is 761 g/mol. The Bertz CT molecular complexity index is 2570. The van der Waals surface area contributed by atoms with Gasteiger partial charge in [0, 0.05) is 22.3 Å². The summed E-state index contributed by atoms with van der Waals surface area (Å²) in [7, 11) is 0. The van der Waals surface area contributed by atoms with E-state index in [0.29, 0.717) is 53.5 Å². The molecule has 300 valence electrons. The lowest BCUT2D eigenvalue weighted by molar-refractivity contribution is 0.103. The molecule has 2 aromatic heterocycles. The van der Waals surface area contributed by atoms with Crippen LogP contribution in [-0.2, 0) is 32.7 Å². The van der Waals surface area contributed by atoms with Crippen molar-refractivity contribution >= 4 is 23.7 Å². The first-order valence-corrected chi connectivity index (χ1v) is 19.9. The molecule has 10 nitrogen and oxygen atoms in total. The van der Waals surface area contributed by atoms with Gasteiger partial charge in [-0.3, -0.25) is 9.59 Å². The van der Waals surface area contributed by atoms with E-state index in [1.165, 1.54) is 0 Å². The van der Waals surface area contributed by atoms with Gasteiger partial charge in [-0.05, 0) is 77.2 Å². The monoisotopic (exact) mass is 802 g/mol. The molecule has 0 amide bonds. The topological polar surface area (TPSA) is 114 Å². The summed E-state index contributed by atoms with van der Waals surface area (Å²) in [5.74, 6) is 0.977. The minimum Gasteiger partial charge on any atom is -0.487 e. The van der Waals surface area contributed by atoms with Crippen molar-refractivity contribution in [1.82, 2.24) is 30.0 Å². The molecule has 0 aliphatic carbocycles. The van der Waals surface area contributed by atoms with Crippen LogP contribution in [0.25, 0.3) is 12.2 Å². The molecule has 8 rings (SSSR count). The number of hydrogen-bond donors (Lipinski definition) is 0. The van der Waals surface area contributed by atoms with Crippen molar-refractivity contribution in [3.05, 3.63) is 238 Å². The molecule has 0 radical (unpaired) electrons. The van der Waals surface area contributed by atoms with E-state index in [1.54, 1.807) is 57.9 Å². The maximum atomic E-state index is 13.1. The van der Waals surface area contributed by atoms with Gasteiger partial charge in [-0.25, -0.2) is 9.36 Å². The summed E-state index contributed by atoms with van der Waals surface area (Å²) in [6.07, 6.45) is 11.0. The zero-order chi connectivity index (χ0) is 41.6. The van der Waals surface area contributed by atoms with Crippen molar-refractivity contribution < 1.29 is 19.1 Å². The van der Waals surface area contributed by atoms with E-state index in [2.05, 4.69) is 20.6 Å². The van der Waals surface area contributed by atoms with Crippen LogP contribution in [0.15, 0.2) is 182 Å². The van der Waals surface area contributed by atoms with Gasteiger partial charge in [0.2, 0.25) is 0 Å². The van der Waals surface area contributed by atoms with Gasteiger partial charge < -0.3 is 9.47 Å². The number of allylic oxidation sites excluding steroid dienone is 2. The maximum absolute atomic E-state index is 13.1. The fourth-order valence-electron chi connectivity index (χ4n) is 6.71. The number of ether oxygens (including phenoxy) is 2. The van der Waals surface area contributed by atoms with Crippen LogP contribution in [0.2, 0.25) is 0 Å². The van der Waals surface area contributed by atoms with Gasteiger partial charge in [0.1, 0.15) is 36.1 Å². The molecule has 0 N–H and O–H groups in total. The second-order valence-corrected chi connectivity index (χ2v) is 14.4. The first-order valence-electron chi connectivity index (χ1n) is 19.9. The minimum absolute atomic E-state index is 0.114. The number of aromatic nitrogens is 6. The smallest absolute Gasteiger partial charge is 0.185 e. The van der Waals surface area contributed by atoms with E-state index in [1.807, 2.05) is 146 Å². The standard InChI is InChI=1S/C51H42N6O4/c58-48(42-17-9-3-10-18-42)25-23-44-30-40(21-27-50(44)60-36-46-34-56(54-52-46)32-38-13-5-1-6-14-38)29-41-22-28-51(45(31-41)24-26-49(59)43-19-11-4-12-20-43)61-37-47-35-57(55-53-47)33-39-15-7-2-8-16-39/h1-28,30-31,34-35H,29,32-33,36-37H2/b25-23+,26-24+. The molecule has 0 fully saturated rings. The lowest BCUT2D eigenvalue weighted by Gasteiger charge is -2.13. The molecule has 0 aliphatic rings. The quantitative estimate of drug-likeness (QED) is 0.0623. The number of carbonyl (C=O) groups excluding carboxylic acids is 2. The third-order valence-electron chi connectivity index (χ3n) is 9.80. The molecule has 0 aliphatic heterocycles. The van der Waals surface area contributed by atoms with Crippen molar-refractivity contribution in [2.45, 2.75) is 32.7 Å². The van der Waals surface area contributed by atoms with Gasteiger partial charge in [0.25, 0.3) is 0 Å². The summed E-state index contributed by atoms with van der Waals surface area (Å²) in [6.45, 7) is 1.60. The Balaban J connectivity index is 1.02. The number of ketones is 2. The summed E-state index contributed by atoms with van der Waals surface area (Å²) in [5.41, 5.74) is 8.27. The molecule has 0 atom stereocenters. The van der Waals surface area contributed by atoms with E-state index >= 15 is 0 Å². The first kappa shape index (κ1) is 39.8. The van der Waals surface area contributed by atoms with Gasteiger partial charge in [-0.15, -0.1) is 10.2 Å². The Morgan fingerprint density at radius 1 is 0.475 bits per heavy atom.